The highest BCUT2D eigenvalue weighted by Crippen LogP contribution is 2.15. The molecule has 1 aromatic rings. The summed E-state index contributed by atoms with van der Waals surface area (Å²) in [4.78, 5) is 15.7. The van der Waals surface area contributed by atoms with Crippen molar-refractivity contribution in [1.82, 2.24) is 10.3 Å². The van der Waals surface area contributed by atoms with Crippen molar-refractivity contribution in [3.05, 3.63) is 11.1 Å². The lowest BCUT2D eigenvalue weighted by Gasteiger charge is -2.24. The van der Waals surface area contributed by atoms with Crippen LogP contribution in [-0.4, -0.2) is 28.3 Å². The van der Waals surface area contributed by atoms with Crippen LogP contribution in [-0.2, 0) is 0 Å². The van der Waals surface area contributed by atoms with Crippen molar-refractivity contribution in [3.63, 3.8) is 0 Å². The predicted molar refractivity (Wildman–Crippen MR) is 64.8 cm³/mol. The second-order valence-electron chi connectivity index (χ2n) is 4.23. The molecule has 1 heterocycles. The first-order chi connectivity index (χ1) is 7.43. The number of hydrogen-bond acceptors (Lipinski definition) is 4. The normalized spacial score (nSPS) is 11.2. The van der Waals surface area contributed by atoms with E-state index in [4.69, 9.17) is 5.11 Å². The molecule has 16 heavy (non-hydrogen) atoms. The molecule has 0 aliphatic carbocycles. The summed E-state index contributed by atoms with van der Waals surface area (Å²) in [5, 5.41) is 16.7. The Labute approximate surface area is 98.9 Å². The van der Waals surface area contributed by atoms with Crippen molar-refractivity contribution in [2.45, 2.75) is 32.7 Å². The fourth-order valence-electron chi connectivity index (χ4n) is 1.19. The number of nitrogens with zero attached hydrogens (tertiary/aromatic N) is 1. The van der Waals surface area contributed by atoms with Gasteiger partial charge in [-0.05, 0) is 27.2 Å². The Morgan fingerprint density at radius 1 is 1.62 bits per heavy atom. The monoisotopic (exact) mass is 243 g/mol. The number of amides is 2. The van der Waals surface area contributed by atoms with Crippen LogP contribution in [0, 0.1) is 6.92 Å². The number of aliphatic hydroxyl groups excluding tert-OH is 1. The maximum absolute atomic E-state index is 11.6. The standard InChI is InChI=1S/C10H17N3O2S/c1-7-6-16-9(11-7)12-8(15)13-10(2,3)4-5-14/h6,14H,4-5H2,1-3H3,(H2,11,12,13,15). The van der Waals surface area contributed by atoms with Gasteiger partial charge in [0.1, 0.15) is 0 Å². The van der Waals surface area contributed by atoms with Crippen LogP contribution in [0.25, 0.3) is 0 Å². The third kappa shape index (κ3) is 4.16. The number of nitrogens with one attached hydrogen (secondary N) is 2. The maximum Gasteiger partial charge on any atom is 0.321 e. The molecular weight excluding hydrogens is 226 g/mol. The molecule has 1 rings (SSSR count). The highest BCUT2D eigenvalue weighted by atomic mass is 32.1. The van der Waals surface area contributed by atoms with E-state index in [1.165, 1.54) is 11.3 Å². The van der Waals surface area contributed by atoms with Crippen LogP contribution < -0.4 is 10.6 Å². The van der Waals surface area contributed by atoms with E-state index in [2.05, 4.69) is 15.6 Å². The van der Waals surface area contributed by atoms with Crippen LogP contribution in [0.3, 0.4) is 0 Å². The smallest absolute Gasteiger partial charge is 0.321 e. The van der Waals surface area contributed by atoms with Crippen LogP contribution in [0.4, 0.5) is 9.93 Å². The molecule has 0 fully saturated rings. The summed E-state index contributed by atoms with van der Waals surface area (Å²) in [7, 11) is 0. The molecule has 2 amide bonds. The Hall–Kier alpha value is -1.14. The summed E-state index contributed by atoms with van der Waals surface area (Å²) in [6.45, 7) is 5.63. The summed E-state index contributed by atoms with van der Waals surface area (Å²) >= 11 is 1.38. The van der Waals surface area contributed by atoms with Crippen LogP contribution in [0.1, 0.15) is 26.0 Å². The second kappa shape index (κ2) is 5.27. The van der Waals surface area contributed by atoms with Gasteiger partial charge >= 0.3 is 6.03 Å². The SMILES string of the molecule is Cc1csc(NC(=O)NC(C)(C)CCO)n1. The number of aromatic nitrogens is 1. The molecular formula is C10H17N3O2S. The van der Waals surface area contributed by atoms with E-state index in [0.717, 1.165) is 5.69 Å². The molecule has 5 nitrogen and oxygen atoms in total. The minimum absolute atomic E-state index is 0.0453. The number of anilines is 1. The molecule has 0 saturated heterocycles. The molecule has 3 N–H and O–H groups in total. The minimum Gasteiger partial charge on any atom is -0.396 e. The first kappa shape index (κ1) is 12.9. The fraction of sp³-hybridized carbons (Fsp3) is 0.600. The first-order valence-corrected chi connectivity index (χ1v) is 5.93. The van der Waals surface area contributed by atoms with Crippen molar-refractivity contribution in [1.29, 1.82) is 0 Å². The molecule has 0 aliphatic heterocycles. The number of thiazole rings is 1. The average Bonchev–Trinajstić information content (AvgIpc) is 2.49. The van der Waals surface area contributed by atoms with Gasteiger partial charge < -0.3 is 10.4 Å². The Morgan fingerprint density at radius 2 is 2.31 bits per heavy atom. The lowest BCUT2D eigenvalue weighted by molar-refractivity contribution is 0.218. The zero-order chi connectivity index (χ0) is 12.2. The van der Waals surface area contributed by atoms with Gasteiger partial charge in [0.15, 0.2) is 5.13 Å². The van der Waals surface area contributed by atoms with Crippen molar-refractivity contribution in [3.8, 4) is 0 Å². The van der Waals surface area contributed by atoms with Crippen LogP contribution >= 0.6 is 11.3 Å². The van der Waals surface area contributed by atoms with E-state index >= 15 is 0 Å². The molecule has 0 saturated carbocycles. The average molecular weight is 243 g/mol. The lowest BCUT2D eigenvalue weighted by atomic mass is 10.0. The number of aliphatic hydroxyl groups is 1. The number of rotatable bonds is 4. The molecule has 0 spiro atoms. The Kier molecular flexibility index (Phi) is 4.26. The molecule has 6 heteroatoms. The van der Waals surface area contributed by atoms with Crippen LogP contribution in [0.5, 0.6) is 0 Å². The molecule has 0 bridgehead atoms. The van der Waals surface area contributed by atoms with Crippen LogP contribution in [0.2, 0.25) is 0 Å². The zero-order valence-electron chi connectivity index (χ0n) is 9.70. The van der Waals surface area contributed by atoms with Gasteiger partial charge in [0.25, 0.3) is 0 Å². The number of hydrogen-bond donors (Lipinski definition) is 3. The number of urea groups is 1. The number of aryl methyl sites for hydroxylation is 1. The molecule has 0 aromatic carbocycles. The quantitative estimate of drug-likeness (QED) is 0.754. The molecule has 0 atom stereocenters. The summed E-state index contributed by atoms with van der Waals surface area (Å²) in [6, 6.07) is -0.298. The lowest BCUT2D eigenvalue weighted by Crippen LogP contribution is -2.46. The molecule has 90 valence electrons. The van der Waals surface area contributed by atoms with E-state index in [0.29, 0.717) is 11.6 Å². The van der Waals surface area contributed by atoms with Crippen molar-refractivity contribution in [2.24, 2.45) is 0 Å². The van der Waals surface area contributed by atoms with Crippen molar-refractivity contribution in [2.75, 3.05) is 11.9 Å². The number of carbonyl (C=O) groups excluding carboxylic acids is 1. The minimum atomic E-state index is -0.425. The van der Waals surface area contributed by atoms with E-state index in [1.807, 2.05) is 26.2 Å². The van der Waals surface area contributed by atoms with Crippen molar-refractivity contribution < 1.29 is 9.90 Å². The van der Waals surface area contributed by atoms with Gasteiger partial charge in [0, 0.05) is 17.5 Å². The molecule has 0 radical (unpaired) electrons. The first-order valence-electron chi connectivity index (χ1n) is 5.05. The van der Waals surface area contributed by atoms with E-state index in [9.17, 15) is 4.79 Å². The predicted octanol–water partition coefficient (Wildman–Crippen LogP) is 1.73. The summed E-state index contributed by atoms with van der Waals surface area (Å²) < 4.78 is 0. The topological polar surface area (TPSA) is 74.2 Å². The summed E-state index contributed by atoms with van der Waals surface area (Å²) in [6.07, 6.45) is 0.511. The highest BCUT2D eigenvalue weighted by molar-refractivity contribution is 7.13. The van der Waals surface area contributed by atoms with E-state index in [-0.39, 0.29) is 12.6 Å². The molecule has 1 aromatic heterocycles. The molecule has 0 aliphatic rings. The van der Waals surface area contributed by atoms with Gasteiger partial charge in [0.05, 0.1) is 5.69 Å². The zero-order valence-corrected chi connectivity index (χ0v) is 10.5. The third-order valence-corrected chi connectivity index (χ3v) is 2.90. The van der Waals surface area contributed by atoms with Gasteiger partial charge in [-0.3, -0.25) is 5.32 Å². The third-order valence-electron chi connectivity index (χ3n) is 2.03. The Bertz CT molecular complexity index is 363. The Balaban J connectivity index is 2.47. The second-order valence-corrected chi connectivity index (χ2v) is 5.09. The highest BCUT2D eigenvalue weighted by Gasteiger charge is 2.19. The van der Waals surface area contributed by atoms with Gasteiger partial charge in [-0.1, -0.05) is 0 Å². The van der Waals surface area contributed by atoms with E-state index in [1.54, 1.807) is 0 Å². The Morgan fingerprint density at radius 3 is 2.81 bits per heavy atom. The van der Waals surface area contributed by atoms with Gasteiger partial charge in [-0.25, -0.2) is 9.78 Å². The summed E-state index contributed by atoms with van der Waals surface area (Å²) in [5.74, 6) is 0. The largest absolute Gasteiger partial charge is 0.396 e. The van der Waals surface area contributed by atoms with Gasteiger partial charge in [-0.15, -0.1) is 11.3 Å². The van der Waals surface area contributed by atoms with E-state index < -0.39 is 5.54 Å². The fourth-order valence-corrected chi connectivity index (χ4v) is 1.87. The summed E-state index contributed by atoms with van der Waals surface area (Å²) in [5.41, 5.74) is 0.459. The van der Waals surface area contributed by atoms with Crippen LogP contribution in [0.15, 0.2) is 5.38 Å². The van der Waals surface area contributed by atoms with Crippen molar-refractivity contribution >= 4 is 22.5 Å². The number of carbonyl (C=O) groups is 1. The maximum atomic E-state index is 11.6. The van der Waals surface area contributed by atoms with Gasteiger partial charge in [-0.2, -0.15) is 0 Å². The molecule has 0 unspecified atom stereocenters. The van der Waals surface area contributed by atoms with Gasteiger partial charge in [0.2, 0.25) is 0 Å².